The van der Waals surface area contributed by atoms with E-state index >= 15 is 0 Å². The van der Waals surface area contributed by atoms with E-state index in [1.54, 1.807) is 11.8 Å². The minimum Gasteiger partial charge on any atom is -0.489 e. The molecule has 27 heavy (non-hydrogen) atoms. The smallest absolute Gasteiger partial charge is 0.328 e. The summed E-state index contributed by atoms with van der Waals surface area (Å²) in [5, 5.41) is 0. The van der Waals surface area contributed by atoms with Crippen molar-refractivity contribution in [3.8, 4) is 5.75 Å². The third kappa shape index (κ3) is 3.82. The molecule has 0 bridgehead atoms. The summed E-state index contributed by atoms with van der Waals surface area (Å²) < 4.78 is 10.6. The van der Waals surface area contributed by atoms with Crippen LogP contribution >= 0.6 is 0 Å². The fourth-order valence-electron chi connectivity index (χ4n) is 3.46. The van der Waals surface area contributed by atoms with Crippen molar-refractivity contribution in [1.82, 2.24) is 4.90 Å². The van der Waals surface area contributed by atoms with E-state index in [2.05, 4.69) is 0 Å². The number of ether oxygens (including phenoxy) is 2. The highest BCUT2D eigenvalue weighted by Crippen LogP contribution is 2.37. The lowest BCUT2D eigenvalue weighted by Gasteiger charge is -2.27. The number of hydrogen-bond donors (Lipinski definition) is 0. The van der Waals surface area contributed by atoms with Crippen molar-refractivity contribution in [2.45, 2.75) is 38.3 Å². The average Bonchev–Trinajstić information content (AvgIpc) is 3.02. The van der Waals surface area contributed by atoms with Gasteiger partial charge in [-0.2, -0.15) is 0 Å². The Hall–Kier alpha value is -2.82. The molecule has 2 atom stereocenters. The van der Waals surface area contributed by atoms with Gasteiger partial charge in [0, 0.05) is 6.54 Å². The van der Waals surface area contributed by atoms with Crippen molar-refractivity contribution < 1.29 is 19.1 Å². The van der Waals surface area contributed by atoms with Gasteiger partial charge in [-0.15, -0.1) is 0 Å². The molecule has 5 nitrogen and oxygen atoms in total. The number of hydrogen-bond acceptors (Lipinski definition) is 4. The quantitative estimate of drug-likeness (QED) is 0.735. The minimum atomic E-state index is -0.639. The van der Waals surface area contributed by atoms with E-state index in [4.69, 9.17) is 9.47 Å². The molecule has 1 fully saturated rings. The van der Waals surface area contributed by atoms with Crippen LogP contribution in [0.2, 0.25) is 0 Å². The monoisotopic (exact) mass is 367 g/mol. The number of carbonyl (C=O) groups excluding carboxylic acids is 2. The van der Waals surface area contributed by atoms with E-state index in [1.807, 2.05) is 61.5 Å². The van der Waals surface area contributed by atoms with Crippen molar-refractivity contribution >= 4 is 11.9 Å². The lowest BCUT2D eigenvalue weighted by atomic mass is 9.81. The molecule has 2 aromatic carbocycles. The Balaban J connectivity index is 1.69. The van der Waals surface area contributed by atoms with Gasteiger partial charge < -0.3 is 14.4 Å². The van der Waals surface area contributed by atoms with E-state index in [1.165, 1.54) is 7.11 Å². The summed E-state index contributed by atoms with van der Waals surface area (Å²) in [6.07, 6.45) is 0.664. The first-order valence-corrected chi connectivity index (χ1v) is 9.12. The SMILES string of the molecule is COC(=O)[C@@H](C)N1CC[C@@](C)(c2ccc(OCc3ccccc3)cc2)C1=O. The van der Waals surface area contributed by atoms with Gasteiger partial charge in [-0.3, -0.25) is 4.79 Å². The Morgan fingerprint density at radius 3 is 2.44 bits per heavy atom. The largest absolute Gasteiger partial charge is 0.489 e. The number of benzene rings is 2. The molecule has 3 rings (SSSR count). The van der Waals surface area contributed by atoms with Crippen LogP contribution in [0.25, 0.3) is 0 Å². The highest BCUT2D eigenvalue weighted by atomic mass is 16.5. The van der Waals surface area contributed by atoms with Gasteiger partial charge in [-0.05, 0) is 43.5 Å². The molecule has 0 unspecified atom stereocenters. The molecule has 0 radical (unpaired) electrons. The van der Waals surface area contributed by atoms with Crippen LogP contribution in [-0.4, -0.2) is 36.5 Å². The van der Waals surface area contributed by atoms with Crippen LogP contribution < -0.4 is 4.74 Å². The number of amides is 1. The number of rotatable bonds is 6. The minimum absolute atomic E-state index is 0.0432. The van der Waals surface area contributed by atoms with Crippen LogP contribution in [0.3, 0.4) is 0 Å². The second-order valence-corrected chi connectivity index (χ2v) is 7.08. The first-order valence-electron chi connectivity index (χ1n) is 9.12. The third-order valence-electron chi connectivity index (χ3n) is 5.34. The molecule has 2 aromatic rings. The van der Waals surface area contributed by atoms with Gasteiger partial charge in [0.2, 0.25) is 5.91 Å². The summed E-state index contributed by atoms with van der Waals surface area (Å²) in [6.45, 7) is 4.67. The number of likely N-dealkylation sites (tertiary alicyclic amines) is 1. The Morgan fingerprint density at radius 2 is 1.81 bits per heavy atom. The summed E-state index contributed by atoms with van der Waals surface area (Å²) >= 11 is 0. The molecule has 0 saturated carbocycles. The van der Waals surface area contributed by atoms with Gasteiger partial charge in [0.25, 0.3) is 0 Å². The van der Waals surface area contributed by atoms with Gasteiger partial charge in [0.1, 0.15) is 18.4 Å². The lowest BCUT2D eigenvalue weighted by molar-refractivity contribution is -0.151. The molecule has 5 heteroatoms. The first-order chi connectivity index (χ1) is 13.0. The fraction of sp³-hybridized carbons (Fsp3) is 0.364. The molecule has 0 spiro atoms. The van der Waals surface area contributed by atoms with E-state index in [0.29, 0.717) is 19.6 Å². The van der Waals surface area contributed by atoms with Crippen LogP contribution in [-0.2, 0) is 26.3 Å². The Morgan fingerprint density at radius 1 is 1.15 bits per heavy atom. The molecule has 142 valence electrons. The zero-order chi connectivity index (χ0) is 19.4. The second kappa shape index (κ2) is 7.82. The highest BCUT2D eigenvalue weighted by Gasteiger charge is 2.46. The molecule has 0 aromatic heterocycles. The molecule has 1 aliphatic rings. The molecule has 1 saturated heterocycles. The zero-order valence-electron chi connectivity index (χ0n) is 16.0. The van der Waals surface area contributed by atoms with Gasteiger partial charge >= 0.3 is 5.97 Å². The summed E-state index contributed by atoms with van der Waals surface area (Å²) in [4.78, 5) is 26.4. The van der Waals surface area contributed by atoms with Crippen LogP contribution in [0.5, 0.6) is 5.75 Å². The molecule has 1 amide bonds. The van der Waals surface area contributed by atoms with Gasteiger partial charge in [-0.25, -0.2) is 4.79 Å². The maximum atomic E-state index is 13.0. The summed E-state index contributed by atoms with van der Waals surface area (Å²) in [7, 11) is 1.34. The van der Waals surface area contributed by atoms with Crippen molar-refractivity contribution in [3.05, 3.63) is 65.7 Å². The van der Waals surface area contributed by atoms with Crippen LogP contribution in [0.4, 0.5) is 0 Å². The molecule has 1 heterocycles. The number of carbonyl (C=O) groups is 2. The molecule has 0 aliphatic carbocycles. The predicted octanol–water partition coefficient (Wildman–Crippen LogP) is 3.32. The van der Waals surface area contributed by atoms with E-state index < -0.39 is 17.4 Å². The summed E-state index contributed by atoms with van der Waals surface area (Å²) in [6, 6.07) is 17.1. The van der Waals surface area contributed by atoms with Crippen LogP contribution in [0.15, 0.2) is 54.6 Å². The molecular weight excluding hydrogens is 342 g/mol. The highest BCUT2D eigenvalue weighted by molar-refractivity contribution is 5.93. The molecular formula is C22H25NO4. The summed E-state index contributed by atoms with van der Waals surface area (Å²) in [5.74, 6) is 0.326. The third-order valence-corrected chi connectivity index (χ3v) is 5.34. The van der Waals surface area contributed by atoms with Gasteiger partial charge in [-0.1, -0.05) is 42.5 Å². The predicted molar refractivity (Wildman–Crippen MR) is 102 cm³/mol. The second-order valence-electron chi connectivity index (χ2n) is 7.08. The van der Waals surface area contributed by atoms with Crippen molar-refractivity contribution in [3.63, 3.8) is 0 Å². The zero-order valence-corrected chi connectivity index (χ0v) is 16.0. The number of nitrogens with zero attached hydrogens (tertiary/aromatic N) is 1. The van der Waals surface area contributed by atoms with Crippen molar-refractivity contribution in [1.29, 1.82) is 0 Å². The van der Waals surface area contributed by atoms with E-state index in [0.717, 1.165) is 16.9 Å². The summed E-state index contributed by atoms with van der Waals surface area (Å²) in [5.41, 5.74) is 1.39. The normalized spacial score (nSPS) is 20.4. The lowest BCUT2D eigenvalue weighted by Crippen LogP contribution is -2.44. The van der Waals surface area contributed by atoms with Gasteiger partial charge in [0.15, 0.2) is 0 Å². The average molecular weight is 367 g/mol. The number of methoxy groups -OCH3 is 1. The Labute approximate surface area is 159 Å². The number of esters is 1. The molecule has 0 N–H and O–H groups in total. The van der Waals surface area contributed by atoms with Crippen molar-refractivity contribution in [2.24, 2.45) is 0 Å². The van der Waals surface area contributed by atoms with Gasteiger partial charge in [0.05, 0.1) is 12.5 Å². The Kier molecular flexibility index (Phi) is 5.49. The van der Waals surface area contributed by atoms with Crippen LogP contribution in [0.1, 0.15) is 31.4 Å². The topological polar surface area (TPSA) is 55.8 Å². The maximum Gasteiger partial charge on any atom is 0.328 e. The van der Waals surface area contributed by atoms with Crippen molar-refractivity contribution in [2.75, 3.05) is 13.7 Å². The molecule has 1 aliphatic heterocycles. The first kappa shape index (κ1) is 19.0. The van der Waals surface area contributed by atoms with E-state index in [9.17, 15) is 9.59 Å². The maximum absolute atomic E-state index is 13.0. The van der Waals surface area contributed by atoms with E-state index in [-0.39, 0.29) is 5.91 Å². The Bertz CT molecular complexity index is 803. The fourth-order valence-corrected chi connectivity index (χ4v) is 3.46. The standard InChI is InChI=1S/C22H25NO4/c1-16(20(24)26-3)23-14-13-22(2,21(23)25)18-9-11-19(12-10-18)27-15-17-7-5-4-6-8-17/h4-12,16H,13-15H2,1-3H3/t16-,22+/m1/s1. The van der Waals surface area contributed by atoms with Crippen LogP contribution in [0, 0.1) is 0 Å².